The minimum Gasteiger partial charge on any atom is -0.479 e. The molecule has 1 atom stereocenters. The van der Waals surface area contributed by atoms with E-state index in [2.05, 4.69) is 0 Å². The largest absolute Gasteiger partial charge is 0.479 e. The Labute approximate surface area is 105 Å². The molecule has 0 amide bonds. The molecular weight excluding hydrogens is 232 g/mol. The van der Waals surface area contributed by atoms with Crippen molar-refractivity contribution in [2.45, 2.75) is 31.9 Å². The average Bonchev–Trinajstić information content (AvgIpc) is 2.40. The van der Waals surface area contributed by atoms with Gasteiger partial charge < -0.3 is 10.5 Å². The number of nitro groups is 1. The molecule has 1 aromatic rings. The lowest BCUT2D eigenvalue weighted by Gasteiger charge is -2.18. The van der Waals surface area contributed by atoms with E-state index in [0.29, 0.717) is 5.75 Å². The van der Waals surface area contributed by atoms with E-state index in [1.54, 1.807) is 12.1 Å². The minimum absolute atomic E-state index is 0.0167. The van der Waals surface area contributed by atoms with Crippen molar-refractivity contribution in [3.8, 4) is 5.75 Å². The van der Waals surface area contributed by atoms with Crippen LogP contribution in [0.15, 0.2) is 30.4 Å². The van der Waals surface area contributed by atoms with Crippen LogP contribution in [0.3, 0.4) is 0 Å². The minimum atomic E-state index is -0.430. The molecule has 5 nitrogen and oxygen atoms in total. The van der Waals surface area contributed by atoms with Gasteiger partial charge in [-0.25, -0.2) is 0 Å². The van der Waals surface area contributed by atoms with Crippen LogP contribution < -0.4 is 10.5 Å². The number of nitro benzene ring substituents is 1. The first-order chi connectivity index (χ1) is 8.70. The molecule has 18 heavy (non-hydrogen) atoms. The zero-order valence-corrected chi connectivity index (χ0v) is 10.0. The van der Waals surface area contributed by atoms with E-state index in [-0.39, 0.29) is 18.3 Å². The highest BCUT2D eigenvalue weighted by Crippen LogP contribution is 2.30. The molecule has 0 saturated heterocycles. The number of ether oxygens (including phenoxy) is 1. The Bertz CT molecular complexity index is 471. The summed E-state index contributed by atoms with van der Waals surface area (Å²) in [5, 5.41) is 11.0. The standard InChI is InChI=1S/C13H16N2O3/c14-9-10-6-7-13(12(8-10)15(16)17)18-11-4-2-1-3-5-11/h2,4,6-8,11H,1,3,5,9,14H2. The summed E-state index contributed by atoms with van der Waals surface area (Å²) in [5.41, 5.74) is 6.19. The second kappa shape index (κ2) is 5.64. The van der Waals surface area contributed by atoms with E-state index in [1.807, 2.05) is 12.2 Å². The Morgan fingerprint density at radius 2 is 2.33 bits per heavy atom. The van der Waals surface area contributed by atoms with Gasteiger partial charge in [0.25, 0.3) is 0 Å². The van der Waals surface area contributed by atoms with Gasteiger partial charge in [-0.15, -0.1) is 0 Å². The second-order valence-corrected chi connectivity index (χ2v) is 4.28. The maximum absolute atomic E-state index is 11.0. The number of rotatable bonds is 4. The maximum atomic E-state index is 11.0. The molecule has 0 radical (unpaired) electrons. The van der Waals surface area contributed by atoms with Gasteiger partial charge in [0.1, 0.15) is 6.10 Å². The maximum Gasteiger partial charge on any atom is 0.311 e. The molecule has 0 heterocycles. The number of hydrogen-bond donors (Lipinski definition) is 1. The highest BCUT2D eigenvalue weighted by atomic mass is 16.6. The summed E-state index contributed by atoms with van der Waals surface area (Å²) in [4.78, 5) is 10.6. The molecule has 0 aliphatic heterocycles. The molecule has 0 bridgehead atoms. The lowest BCUT2D eigenvalue weighted by Crippen LogP contribution is -2.16. The molecule has 96 valence electrons. The molecule has 5 heteroatoms. The van der Waals surface area contributed by atoms with Crippen molar-refractivity contribution in [2.24, 2.45) is 5.73 Å². The predicted octanol–water partition coefficient (Wildman–Crippen LogP) is 2.54. The van der Waals surface area contributed by atoms with Crippen LogP contribution in [0.5, 0.6) is 5.75 Å². The Hall–Kier alpha value is -1.88. The molecule has 1 aliphatic carbocycles. The number of benzene rings is 1. The zero-order chi connectivity index (χ0) is 13.0. The summed E-state index contributed by atoms with van der Waals surface area (Å²) in [6, 6.07) is 4.86. The third-order valence-electron chi connectivity index (χ3n) is 2.94. The van der Waals surface area contributed by atoms with E-state index in [0.717, 1.165) is 24.8 Å². The van der Waals surface area contributed by atoms with Crippen molar-refractivity contribution >= 4 is 5.69 Å². The first-order valence-corrected chi connectivity index (χ1v) is 6.01. The van der Waals surface area contributed by atoms with Crippen LogP contribution >= 0.6 is 0 Å². The number of allylic oxidation sites excluding steroid dienone is 1. The predicted molar refractivity (Wildman–Crippen MR) is 68.4 cm³/mol. The fourth-order valence-corrected chi connectivity index (χ4v) is 1.97. The SMILES string of the molecule is NCc1ccc(OC2C=CCCC2)c([N+](=O)[O-])c1. The van der Waals surface area contributed by atoms with Crippen LogP contribution in [-0.2, 0) is 6.54 Å². The molecule has 0 aromatic heterocycles. The van der Waals surface area contributed by atoms with Gasteiger partial charge in [-0.05, 0) is 37.0 Å². The summed E-state index contributed by atoms with van der Waals surface area (Å²) in [6.45, 7) is 0.282. The Morgan fingerprint density at radius 3 is 2.94 bits per heavy atom. The van der Waals surface area contributed by atoms with Crippen LogP contribution in [0, 0.1) is 10.1 Å². The number of hydrogen-bond acceptors (Lipinski definition) is 4. The van der Waals surface area contributed by atoms with Gasteiger partial charge in [0.15, 0.2) is 5.75 Å². The normalized spacial score (nSPS) is 18.6. The van der Waals surface area contributed by atoms with Gasteiger partial charge in [-0.3, -0.25) is 10.1 Å². The van der Waals surface area contributed by atoms with E-state index < -0.39 is 4.92 Å². The third kappa shape index (κ3) is 2.87. The van der Waals surface area contributed by atoms with Gasteiger partial charge in [0, 0.05) is 12.6 Å². The molecule has 2 rings (SSSR count). The zero-order valence-electron chi connectivity index (χ0n) is 10.0. The first kappa shape index (κ1) is 12.6. The van der Waals surface area contributed by atoms with Crippen molar-refractivity contribution in [3.05, 3.63) is 46.0 Å². The first-order valence-electron chi connectivity index (χ1n) is 6.01. The number of nitrogens with zero attached hydrogens (tertiary/aromatic N) is 1. The van der Waals surface area contributed by atoms with E-state index >= 15 is 0 Å². The van der Waals surface area contributed by atoms with Crippen LogP contribution in [-0.4, -0.2) is 11.0 Å². The van der Waals surface area contributed by atoms with Crippen molar-refractivity contribution < 1.29 is 9.66 Å². The van der Waals surface area contributed by atoms with Crippen LogP contribution in [0.4, 0.5) is 5.69 Å². The van der Waals surface area contributed by atoms with Gasteiger partial charge in [0.2, 0.25) is 0 Å². The van der Waals surface area contributed by atoms with Gasteiger partial charge >= 0.3 is 5.69 Å². The smallest absolute Gasteiger partial charge is 0.311 e. The monoisotopic (exact) mass is 248 g/mol. The lowest BCUT2D eigenvalue weighted by molar-refractivity contribution is -0.386. The quantitative estimate of drug-likeness (QED) is 0.504. The van der Waals surface area contributed by atoms with Crippen molar-refractivity contribution in [2.75, 3.05) is 0 Å². The molecule has 1 unspecified atom stereocenters. The highest BCUT2D eigenvalue weighted by molar-refractivity contribution is 5.49. The van der Waals surface area contributed by atoms with Gasteiger partial charge in [-0.1, -0.05) is 12.1 Å². The third-order valence-corrected chi connectivity index (χ3v) is 2.94. The molecule has 1 aromatic carbocycles. The fraction of sp³-hybridized carbons (Fsp3) is 0.385. The average molecular weight is 248 g/mol. The van der Waals surface area contributed by atoms with E-state index in [4.69, 9.17) is 10.5 Å². The topological polar surface area (TPSA) is 78.4 Å². The van der Waals surface area contributed by atoms with Crippen molar-refractivity contribution in [1.82, 2.24) is 0 Å². The Morgan fingerprint density at radius 1 is 1.50 bits per heavy atom. The van der Waals surface area contributed by atoms with Crippen molar-refractivity contribution in [3.63, 3.8) is 0 Å². The molecule has 0 spiro atoms. The number of nitrogens with two attached hydrogens (primary N) is 1. The van der Waals surface area contributed by atoms with E-state index in [9.17, 15) is 10.1 Å². The van der Waals surface area contributed by atoms with Gasteiger partial charge in [-0.2, -0.15) is 0 Å². The molecule has 0 fully saturated rings. The summed E-state index contributed by atoms with van der Waals surface area (Å²) in [5.74, 6) is 0.314. The Kier molecular flexibility index (Phi) is 3.94. The summed E-state index contributed by atoms with van der Waals surface area (Å²) < 4.78 is 5.68. The van der Waals surface area contributed by atoms with E-state index in [1.165, 1.54) is 6.07 Å². The van der Waals surface area contributed by atoms with Gasteiger partial charge in [0.05, 0.1) is 4.92 Å². The fourth-order valence-electron chi connectivity index (χ4n) is 1.97. The second-order valence-electron chi connectivity index (χ2n) is 4.28. The summed E-state index contributed by atoms with van der Waals surface area (Å²) in [6.07, 6.45) is 6.94. The summed E-state index contributed by atoms with van der Waals surface area (Å²) in [7, 11) is 0. The van der Waals surface area contributed by atoms with Crippen molar-refractivity contribution in [1.29, 1.82) is 0 Å². The van der Waals surface area contributed by atoms with Crippen LogP contribution in [0.2, 0.25) is 0 Å². The van der Waals surface area contributed by atoms with Crippen LogP contribution in [0.25, 0.3) is 0 Å². The molecule has 0 saturated carbocycles. The highest BCUT2D eigenvalue weighted by Gasteiger charge is 2.19. The molecule has 2 N–H and O–H groups in total. The molecule has 1 aliphatic rings. The van der Waals surface area contributed by atoms with Crippen LogP contribution in [0.1, 0.15) is 24.8 Å². The molecular formula is C13H16N2O3. The lowest BCUT2D eigenvalue weighted by atomic mass is 10.1. The summed E-state index contributed by atoms with van der Waals surface area (Å²) >= 11 is 0. The Balaban J connectivity index is 2.23.